The summed E-state index contributed by atoms with van der Waals surface area (Å²) in [6.07, 6.45) is 1.65. The Morgan fingerprint density at radius 3 is 2.66 bits per heavy atom. The van der Waals surface area contributed by atoms with E-state index in [9.17, 15) is 5.26 Å². The van der Waals surface area contributed by atoms with Crippen LogP contribution in [0.4, 0.5) is 5.69 Å². The van der Waals surface area contributed by atoms with Crippen LogP contribution in [0.15, 0.2) is 54.0 Å². The fraction of sp³-hybridized carbons (Fsp3) is 0.182. The SMILES string of the molecule is CCOc1ccccc1NC=C(C#N)c1nc(-c2ccc(OC)c(OC)c2)cs1. The highest BCUT2D eigenvalue weighted by Crippen LogP contribution is 2.33. The molecule has 0 saturated carbocycles. The number of hydrogen-bond donors (Lipinski definition) is 1. The van der Waals surface area contributed by atoms with Crippen LogP contribution in [-0.4, -0.2) is 25.8 Å². The van der Waals surface area contributed by atoms with E-state index >= 15 is 0 Å². The second-order valence-corrected chi connectivity index (χ2v) is 6.71. The van der Waals surface area contributed by atoms with Crippen molar-refractivity contribution in [2.45, 2.75) is 6.92 Å². The highest BCUT2D eigenvalue weighted by molar-refractivity contribution is 7.11. The van der Waals surface area contributed by atoms with Crippen molar-refractivity contribution in [3.05, 3.63) is 59.1 Å². The lowest BCUT2D eigenvalue weighted by molar-refractivity contribution is 0.342. The molecule has 29 heavy (non-hydrogen) atoms. The lowest BCUT2D eigenvalue weighted by Gasteiger charge is -2.09. The Kier molecular flexibility index (Phi) is 6.72. The molecule has 3 rings (SSSR count). The molecule has 148 valence electrons. The molecule has 1 N–H and O–H groups in total. The van der Waals surface area contributed by atoms with Gasteiger partial charge in [0.2, 0.25) is 0 Å². The normalized spacial score (nSPS) is 10.9. The predicted molar refractivity (Wildman–Crippen MR) is 115 cm³/mol. The molecule has 0 bridgehead atoms. The minimum Gasteiger partial charge on any atom is -0.493 e. The Bertz CT molecular complexity index is 1050. The summed E-state index contributed by atoms with van der Waals surface area (Å²) in [4.78, 5) is 4.61. The third kappa shape index (κ3) is 4.68. The van der Waals surface area contributed by atoms with E-state index < -0.39 is 0 Å². The summed E-state index contributed by atoms with van der Waals surface area (Å²) >= 11 is 1.40. The van der Waals surface area contributed by atoms with Gasteiger partial charge in [0, 0.05) is 17.1 Å². The Hall–Kier alpha value is -3.50. The third-order valence-electron chi connectivity index (χ3n) is 4.09. The van der Waals surface area contributed by atoms with Crippen molar-refractivity contribution < 1.29 is 14.2 Å². The van der Waals surface area contributed by atoms with Gasteiger partial charge in [-0.25, -0.2) is 4.98 Å². The number of rotatable bonds is 8. The molecule has 0 radical (unpaired) electrons. The van der Waals surface area contributed by atoms with Crippen LogP contribution in [0.25, 0.3) is 16.8 Å². The molecule has 1 aromatic heterocycles. The van der Waals surface area contributed by atoms with E-state index in [2.05, 4.69) is 16.4 Å². The molecular weight excluding hydrogens is 386 g/mol. The Labute approximate surface area is 174 Å². The van der Waals surface area contributed by atoms with Gasteiger partial charge >= 0.3 is 0 Å². The number of hydrogen-bond acceptors (Lipinski definition) is 7. The summed E-state index contributed by atoms with van der Waals surface area (Å²) in [6.45, 7) is 2.49. The van der Waals surface area contributed by atoms with E-state index in [0.29, 0.717) is 28.7 Å². The summed E-state index contributed by atoms with van der Waals surface area (Å²) < 4.78 is 16.2. The number of aromatic nitrogens is 1. The summed E-state index contributed by atoms with van der Waals surface area (Å²) in [7, 11) is 3.19. The molecule has 0 spiro atoms. The first kappa shape index (κ1) is 20.2. The summed E-state index contributed by atoms with van der Waals surface area (Å²) in [5.41, 5.74) is 2.88. The van der Waals surface area contributed by atoms with Crippen molar-refractivity contribution in [2.75, 3.05) is 26.1 Å². The fourth-order valence-corrected chi connectivity index (χ4v) is 3.48. The van der Waals surface area contributed by atoms with Gasteiger partial charge in [0.1, 0.15) is 22.4 Å². The number of para-hydroxylation sites is 2. The number of benzene rings is 2. The van der Waals surface area contributed by atoms with Gasteiger partial charge in [0.25, 0.3) is 0 Å². The van der Waals surface area contributed by atoms with E-state index in [-0.39, 0.29) is 0 Å². The number of nitrogens with one attached hydrogen (secondary N) is 1. The van der Waals surface area contributed by atoms with Crippen LogP contribution in [0, 0.1) is 11.3 Å². The summed E-state index contributed by atoms with van der Waals surface area (Å²) in [5, 5.41) is 15.3. The van der Waals surface area contributed by atoms with Gasteiger partial charge in [0.05, 0.1) is 32.2 Å². The number of nitriles is 1. The number of methoxy groups -OCH3 is 2. The third-order valence-corrected chi connectivity index (χ3v) is 4.97. The van der Waals surface area contributed by atoms with Crippen LogP contribution in [0.3, 0.4) is 0 Å². The van der Waals surface area contributed by atoms with Crippen molar-refractivity contribution in [2.24, 2.45) is 0 Å². The molecule has 0 atom stereocenters. The van der Waals surface area contributed by atoms with Crippen molar-refractivity contribution in [3.63, 3.8) is 0 Å². The van der Waals surface area contributed by atoms with Gasteiger partial charge in [-0.15, -0.1) is 11.3 Å². The first-order chi connectivity index (χ1) is 14.2. The molecule has 0 aliphatic heterocycles. The van der Waals surface area contributed by atoms with Crippen LogP contribution in [-0.2, 0) is 0 Å². The second-order valence-electron chi connectivity index (χ2n) is 5.85. The smallest absolute Gasteiger partial charge is 0.161 e. The van der Waals surface area contributed by atoms with Crippen molar-refractivity contribution in [1.29, 1.82) is 5.26 Å². The number of thiazole rings is 1. The van der Waals surface area contributed by atoms with E-state index in [1.807, 2.05) is 54.8 Å². The highest BCUT2D eigenvalue weighted by Gasteiger charge is 2.12. The zero-order chi connectivity index (χ0) is 20.6. The average Bonchev–Trinajstić information content (AvgIpc) is 3.25. The molecule has 0 aliphatic rings. The molecule has 6 nitrogen and oxygen atoms in total. The lowest BCUT2D eigenvalue weighted by atomic mass is 10.1. The maximum absolute atomic E-state index is 9.60. The molecule has 1 heterocycles. The zero-order valence-electron chi connectivity index (χ0n) is 16.4. The molecule has 0 saturated heterocycles. The fourth-order valence-electron chi connectivity index (χ4n) is 2.68. The molecule has 0 aliphatic carbocycles. The highest BCUT2D eigenvalue weighted by atomic mass is 32.1. The van der Waals surface area contributed by atoms with Crippen LogP contribution >= 0.6 is 11.3 Å². The average molecular weight is 407 g/mol. The molecule has 0 fully saturated rings. The quantitative estimate of drug-likeness (QED) is 0.517. The summed E-state index contributed by atoms with van der Waals surface area (Å²) in [6, 6.07) is 15.4. The van der Waals surface area contributed by atoms with E-state index in [4.69, 9.17) is 14.2 Å². The van der Waals surface area contributed by atoms with Crippen LogP contribution in [0.1, 0.15) is 11.9 Å². The van der Waals surface area contributed by atoms with Crippen LogP contribution < -0.4 is 19.5 Å². The number of ether oxygens (including phenoxy) is 3. The maximum Gasteiger partial charge on any atom is 0.161 e. The lowest BCUT2D eigenvalue weighted by Crippen LogP contribution is -1.97. The van der Waals surface area contributed by atoms with E-state index in [1.165, 1.54) is 11.3 Å². The van der Waals surface area contributed by atoms with Gasteiger partial charge in [-0.05, 0) is 37.3 Å². The first-order valence-corrected chi connectivity index (χ1v) is 9.85. The Morgan fingerprint density at radius 2 is 1.93 bits per heavy atom. The molecule has 0 unspecified atom stereocenters. The maximum atomic E-state index is 9.60. The second kappa shape index (κ2) is 9.62. The van der Waals surface area contributed by atoms with E-state index in [1.54, 1.807) is 20.4 Å². The summed E-state index contributed by atoms with van der Waals surface area (Å²) in [5.74, 6) is 2.01. The van der Waals surface area contributed by atoms with Gasteiger partial charge in [0.15, 0.2) is 11.5 Å². The van der Waals surface area contributed by atoms with Crippen molar-refractivity contribution in [3.8, 4) is 34.6 Å². The van der Waals surface area contributed by atoms with Crippen LogP contribution in [0.2, 0.25) is 0 Å². The topological polar surface area (TPSA) is 76.4 Å². The Morgan fingerprint density at radius 1 is 1.14 bits per heavy atom. The largest absolute Gasteiger partial charge is 0.493 e. The van der Waals surface area contributed by atoms with Crippen LogP contribution in [0.5, 0.6) is 17.2 Å². The minimum atomic E-state index is 0.438. The van der Waals surface area contributed by atoms with Crippen molar-refractivity contribution in [1.82, 2.24) is 4.98 Å². The predicted octanol–water partition coefficient (Wildman–Crippen LogP) is 5.20. The number of allylic oxidation sites excluding steroid dienone is 1. The monoisotopic (exact) mass is 407 g/mol. The molecule has 7 heteroatoms. The molecular formula is C22H21N3O3S. The molecule has 0 amide bonds. The van der Waals surface area contributed by atoms with Crippen molar-refractivity contribution >= 4 is 22.6 Å². The number of nitrogens with zero attached hydrogens (tertiary/aromatic N) is 2. The van der Waals surface area contributed by atoms with Gasteiger partial charge in [-0.3, -0.25) is 0 Å². The zero-order valence-corrected chi connectivity index (χ0v) is 17.2. The molecule has 2 aromatic carbocycles. The first-order valence-electron chi connectivity index (χ1n) is 8.97. The van der Waals surface area contributed by atoms with Gasteiger partial charge in [-0.2, -0.15) is 5.26 Å². The molecule has 3 aromatic rings. The number of anilines is 1. The Balaban J connectivity index is 1.85. The van der Waals surface area contributed by atoms with E-state index in [0.717, 1.165) is 22.7 Å². The van der Waals surface area contributed by atoms with Gasteiger partial charge in [-0.1, -0.05) is 12.1 Å². The standard InChI is InChI=1S/C22H21N3O3S/c1-4-28-19-8-6-5-7-17(19)24-13-16(12-23)22-25-18(14-29-22)15-9-10-20(26-2)21(11-15)27-3/h5-11,13-14,24H,4H2,1-3H3. The van der Waals surface area contributed by atoms with Gasteiger partial charge < -0.3 is 19.5 Å². The minimum absolute atomic E-state index is 0.438.